The van der Waals surface area contributed by atoms with Gasteiger partial charge in [-0.15, -0.1) is 0 Å². The Kier molecular flexibility index (Phi) is 4.16. The van der Waals surface area contributed by atoms with Gasteiger partial charge in [-0.3, -0.25) is 4.79 Å². The summed E-state index contributed by atoms with van der Waals surface area (Å²) in [4.78, 5) is 11.7. The van der Waals surface area contributed by atoms with Gasteiger partial charge in [-0.2, -0.15) is 0 Å². The maximum absolute atomic E-state index is 11.7. The summed E-state index contributed by atoms with van der Waals surface area (Å²) < 4.78 is 2.12. The highest BCUT2D eigenvalue weighted by Gasteiger charge is 2.10. The first-order valence-electron chi connectivity index (χ1n) is 5.80. The Bertz CT molecular complexity index is 378. The average Bonchev–Trinajstić information content (AvgIpc) is 2.43. The summed E-state index contributed by atoms with van der Waals surface area (Å²) in [6.45, 7) is 9.06. The van der Waals surface area contributed by atoms with Gasteiger partial charge in [0.05, 0.1) is 6.42 Å². The fraction of sp³-hybridized carbons (Fsp3) is 0.615. The molecule has 0 saturated carbocycles. The van der Waals surface area contributed by atoms with Gasteiger partial charge in [-0.05, 0) is 31.4 Å². The van der Waals surface area contributed by atoms with Crippen molar-refractivity contribution in [3.63, 3.8) is 0 Å². The molecule has 3 nitrogen and oxygen atoms in total. The van der Waals surface area contributed by atoms with E-state index in [4.69, 9.17) is 0 Å². The number of carbonyl (C=O) groups is 1. The van der Waals surface area contributed by atoms with Crippen molar-refractivity contribution in [1.29, 1.82) is 0 Å². The highest BCUT2D eigenvalue weighted by atomic mass is 16.1. The molecule has 0 aliphatic carbocycles. The van der Waals surface area contributed by atoms with Gasteiger partial charge >= 0.3 is 0 Å². The van der Waals surface area contributed by atoms with Crippen molar-refractivity contribution in [2.75, 3.05) is 6.54 Å². The number of rotatable bonds is 4. The molecule has 1 rings (SSSR count). The van der Waals surface area contributed by atoms with Crippen LogP contribution in [0.25, 0.3) is 0 Å². The van der Waals surface area contributed by atoms with E-state index >= 15 is 0 Å². The molecule has 0 fully saturated rings. The summed E-state index contributed by atoms with van der Waals surface area (Å²) in [7, 11) is 2.03. The van der Waals surface area contributed by atoms with Crippen LogP contribution in [0.5, 0.6) is 0 Å². The van der Waals surface area contributed by atoms with Crippen LogP contribution < -0.4 is 5.32 Å². The molecule has 0 aliphatic rings. The fourth-order valence-electron chi connectivity index (χ4n) is 1.67. The van der Waals surface area contributed by atoms with Gasteiger partial charge in [0.1, 0.15) is 0 Å². The van der Waals surface area contributed by atoms with E-state index in [1.165, 1.54) is 11.4 Å². The van der Waals surface area contributed by atoms with Crippen LogP contribution >= 0.6 is 0 Å². The number of nitrogens with one attached hydrogen (secondary N) is 1. The quantitative estimate of drug-likeness (QED) is 0.830. The molecule has 1 N–H and O–H groups in total. The Labute approximate surface area is 97.8 Å². The van der Waals surface area contributed by atoms with Crippen LogP contribution in [0.15, 0.2) is 6.07 Å². The van der Waals surface area contributed by atoms with Crippen LogP contribution in [0.2, 0.25) is 0 Å². The number of amides is 1. The molecule has 0 aliphatic heterocycles. The summed E-state index contributed by atoms with van der Waals surface area (Å²) in [5.74, 6) is 0.616. The minimum Gasteiger partial charge on any atom is -0.356 e. The van der Waals surface area contributed by atoms with E-state index in [-0.39, 0.29) is 5.91 Å². The Morgan fingerprint density at radius 1 is 1.44 bits per heavy atom. The third-order valence-corrected chi connectivity index (χ3v) is 2.94. The predicted molar refractivity (Wildman–Crippen MR) is 66.4 cm³/mol. The van der Waals surface area contributed by atoms with Crippen molar-refractivity contribution in [2.24, 2.45) is 13.0 Å². The van der Waals surface area contributed by atoms with E-state index < -0.39 is 0 Å². The molecule has 0 bridgehead atoms. The number of carbonyl (C=O) groups excluding carboxylic acids is 1. The largest absolute Gasteiger partial charge is 0.356 e. The normalized spacial score (nSPS) is 10.9. The van der Waals surface area contributed by atoms with Gasteiger partial charge in [0.2, 0.25) is 5.91 Å². The molecule has 0 unspecified atom stereocenters. The molecule has 16 heavy (non-hydrogen) atoms. The van der Waals surface area contributed by atoms with Gasteiger partial charge in [0.25, 0.3) is 0 Å². The van der Waals surface area contributed by atoms with Gasteiger partial charge in [-0.25, -0.2) is 0 Å². The second-order valence-electron chi connectivity index (χ2n) is 4.83. The molecule has 3 heteroatoms. The molecule has 0 aromatic carbocycles. The lowest BCUT2D eigenvalue weighted by molar-refractivity contribution is -0.120. The van der Waals surface area contributed by atoms with Crippen LogP contribution in [0.3, 0.4) is 0 Å². The molecule has 0 saturated heterocycles. The zero-order valence-electron chi connectivity index (χ0n) is 10.9. The zero-order valence-corrected chi connectivity index (χ0v) is 10.9. The Hall–Kier alpha value is -1.25. The molecule has 0 spiro atoms. The average molecular weight is 222 g/mol. The first-order valence-corrected chi connectivity index (χ1v) is 5.80. The van der Waals surface area contributed by atoms with E-state index in [0.717, 1.165) is 12.1 Å². The summed E-state index contributed by atoms with van der Waals surface area (Å²) >= 11 is 0. The Balaban J connectivity index is 2.60. The first-order chi connectivity index (χ1) is 7.41. The van der Waals surface area contributed by atoms with Gasteiger partial charge < -0.3 is 9.88 Å². The third-order valence-electron chi connectivity index (χ3n) is 2.94. The van der Waals surface area contributed by atoms with E-state index in [9.17, 15) is 4.79 Å². The second kappa shape index (κ2) is 5.19. The van der Waals surface area contributed by atoms with Gasteiger partial charge in [-0.1, -0.05) is 13.8 Å². The number of aromatic nitrogens is 1. The minimum absolute atomic E-state index is 0.113. The molecule has 1 amide bonds. The maximum Gasteiger partial charge on any atom is 0.224 e. The summed E-state index contributed by atoms with van der Waals surface area (Å²) in [5, 5.41) is 2.94. The second-order valence-corrected chi connectivity index (χ2v) is 4.83. The van der Waals surface area contributed by atoms with Crippen molar-refractivity contribution in [2.45, 2.75) is 34.1 Å². The van der Waals surface area contributed by atoms with E-state index in [1.807, 2.05) is 7.05 Å². The summed E-state index contributed by atoms with van der Waals surface area (Å²) in [6.07, 6.45) is 0.486. The minimum atomic E-state index is 0.113. The lowest BCUT2D eigenvalue weighted by atomic mass is 10.1. The highest BCUT2D eigenvalue weighted by molar-refractivity contribution is 5.78. The zero-order chi connectivity index (χ0) is 12.3. The third kappa shape index (κ3) is 3.12. The number of hydrogen-bond donors (Lipinski definition) is 1. The molecule has 0 radical (unpaired) electrons. The van der Waals surface area contributed by atoms with Crippen LogP contribution in [-0.2, 0) is 18.3 Å². The van der Waals surface area contributed by atoms with Gasteiger partial charge in [0, 0.05) is 25.0 Å². The van der Waals surface area contributed by atoms with Crippen LogP contribution in [0, 0.1) is 19.8 Å². The van der Waals surface area contributed by atoms with E-state index in [1.54, 1.807) is 0 Å². The van der Waals surface area contributed by atoms with Crippen LogP contribution in [0.4, 0.5) is 0 Å². The fourth-order valence-corrected chi connectivity index (χ4v) is 1.67. The monoisotopic (exact) mass is 222 g/mol. The Morgan fingerprint density at radius 3 is 2.50 bits per heavy atom. The molecule has 1 aromatic rings. The van der Waals surface area contributed by atoms with E-state index in [0.29, 0.717) is 12.3 Å². The van der Waals surface area contributed by atoms with Crippen molar-refractivity contribution >= 4 is 5.91 Å². The molecule has 0 atom stereocenters. The maximum atomic E-state index is 11.7. The first kappa shape index (κ1) is 12.8. The van der Waals surface area contributed by atoms with Crippen molar-refractivity contribution < 1.29 is 4.79 Å². The van der Waals surface area contributed by atoms with Crippen molar-refractivity contribution in [1.82, 2.24) is 9.88 Å². The predicted octanol–water partition coefficient (Wildman–Crippen LogP) is 1.96. The van der Waals surface area contributed by atoms with Crippen LogP contribution in [0.1, 0.15) is 30.8 Å². The van der Waals surface area contributed by atoms with Gasteiger partial charge in [0.15, 0.2) is 0 Å². The summed E-state index contributed by atoms with van der Waals surface area (Å²) in [6, 6.07) is 2.09. The number of aryl methyl sites for hydroxylation is 1. The molecular formula is C13H22N2O. The van der Waals surface area contributed by atoms with Crippen LogP contribution in [-0.4, -0.2) is 17.0 Å². The summed E-state index contributed by atoms with van der Waals surface area (Å²) in [5.41, 5.74) is 3.50. The van der Waals surface area contributed by atoms with Crippen molar-refractivity contribution in [3.05, 3.63) is 23.0 Å². The molecular weight excluding hydrogens is 200 g/mol. The standard InChI is InChI=1S/C13H22N2O/c1-9(2)8-14-13(16)7-12-6-10(3)15(5)11(12)4/h6,9H,7-8H2,1-5H3,(H,14,16). The Morgan fingerprint density at radius 2 is 2.06 bits per heavy atom. The number of nitrogens with zero attached hydrogens (tertiary/aromatic N) is 1. The number of hydrogen-bond acceptors (Lipinski definition) is 1. The molecule has 1 heterocycles. The van der Waals surface area contributed by atoms with E-state index in [2.05, 4.69) is 43.6 Å². The molecule has 90 valence electrons. The lowest BCUT2D eigenvalue weighted by Crippen LogP contribution is -2.28. The molecule has 1 aromatic heterocycles. The topological polar surface area (TPSA) is 34.0 Å². The highest BCUT2D eigenvalue weighted by Crippen LogP contribution is 2.13. The smallest absolute Gasteiger partial charge is 0.224 e. The SMILES string of the molecule is Cc1cc(CC(=O)NCC(C)C)c(C)n1C. The lowest BCUT2D eigenvalue weighted by Gasteiger charge is -2.07. The van der Waals surface area contributed by atoms with Crippen molar-refractivity contribution in [3.8, 4) is 0 Å².